The van der Waals surface area contributed by atoms with Crippen LogP contribution < -0.4 is 0 Å². The van der Waals surface area contributed by atoms with Crippen LogP contribution in [0.2, 0.25) is 0 Å². The van der Waals surface area contributed by atoms with E-state index in [1.54, 1.807) is 0 Å². The number of ether oxygens (including phenoxy) is 3. The summed E-state index contributed by atoms with van der Waals surface area (Å²) in [6.45, 7) is 4.22. The number of hydrogen-bond donors (Lipinski definition) is 2. The molecule has 1 aliphatic carbocycles. The number of esters is 1. The van der Waals surface area contributed by atoms with Crippen molar-refractivity contribution in [1.82, 2.24) is 0 Å². The second-order valence-corrected chi connectivity index (χ2v) is 7.71. The van der Waals surface area contributed by atoms with Crippen LogP contribution >= 0.6 is 0 Å². The summed E-state index contributed by atoms with van der Waals surface area (Å²) in [6, 6.07) is 0. The minimum Gasteiger partial charge on any atom is -0.460 e. The van der Waals surface area contributed by atoms with Gasteiger partial charge in [0, 0.05) is 19.1 Å². The average molecular weight is 396 g/mol. The normalized spacial score (nSPS) is 44.2. The number of methoxy groups -OCH3 is 1. The number of Topliss-reactive ketones (excluding diaryl/α,β-unsaturated/α-hetero) is 2. The fourth-order valence-corrected chi connectivity index (χ4v) is 4.26. The highest BCUT2D eigenvalue weighted by Gasteiger charge is 2.66. The second-order valence-electron chi connectivity index (χ2n) is 7.71. The maximum Gasteiger partial charge on any atom is 0.306 e. The van der Waals surface area contributed by atoms with Gasteiger partial charge >= 0.3 is 5.97 Å². The van der Waals surface area contributed by atoms with Gasteiger partial charge in [-0.1, -0.05) is 0 Å². The Morgan fingerprint density at radius 3 is 2.43 bits per heavy atom. The van der Waals surface area contributed by atoms with Gasteiger partial charge in [-0.3, -0.25) is 19.2 Å². The van der Waals surface area contributed by atoms with Gasteiger partial charge in [0.2, 0.25) is 11.4 Å². The molecule has 2 fully saturated rings. The molecule has 0 aromatic heterocycles. The van der Waals surface area contributed by atoms with Crippen molar-refractivity contribution in [3.05, 3.63) is 11.1 Å². The predicted molar refractivity (Wildman–Crippen MR) is 92.1 cm³/mol. The van der Waals surface area contributed by atoms with Gasteiger partial charge in [0.15, 0.2) is 12.1 Å². The fourth-order valence-electron chi connectivity index (χ4n) is 4.26. The van der Waals surface area contributed by atoms with Crippen molar-refractivity contribution in [2.24, 2.45) is 5.92 Å². The Hall–Kier alpha value is -1.94. The molecule has 0 aromatic carbocycles. The summed E-state index contributed by atoms with van der Waals surface area (Å²) in [5, 5.41) is 21.2. The van der Waals surface area contributed by atoms with Gasteiger partial charge in [0.05, 0.1) is 18.4 Å². The average Bonchev–Trinajstić information content (AvgIpc) is 3.45. The smallest absolute Gasteiger partial charge is 0.306 e. The number of rotatable bonds is 2. The van der Waals surface area contributed by atoms with Crippen molar-refractivity contribution in [2.75, 3.05) is 7.11 Å². The van der Waals surface area contributed by atoms with E-state index in [4.69, 9.17) is 14.2 Å². The number of aliphatic hydroxyl groups is 2. The summed E-state index contributed by atoms with van der Waals surface area (Å²) < 4.78 is 16.2. The zero-order valence-electron chi connectivity index (χ0n) is 16.1. The monoisotopic (exact) mass is 396 g/mol. The molecular formula is C19H24O9. The van der Waals surface area contributed by atoms with Gasteiger partial charge in [-0.05, 0) is 26.3 Å². The molecule has 0 amide bonds. The van der Waals surface area contributed by atoms with Crippen molar-refractivity contribution >= 4 is 23.8 Å². The van der Waals surface area contributed by atoms with Gasteiger partial charge in [0.1, 0.15) is 23.9 Å². The second kappa shape index (κ2) is 6.84. The number of hydrogen-bond acceptors (Lipinski definition) is 9. The summed E-state index contributed by atoms with van der Waals surface area (Å²) >= 11 is 0. The maximum absolute atomic E-state index is 13.0. The van der Waals surface area contributed by atoms with E-state index in [0.29, 0.717) is 0 Å². The van der Waals surface area contributed by atoms with Crippen molar-refractivity contribution in [3.63, 3.8) is 0 Å². The van der Waals surface area contributed by atoms with E-state index in [1.807, 2.05) is 0 Å². The first kappa shape index (κ1) is 20.8. The Morgan fingerprint density at radius 1 is 1.21 bits per heavy atom. The summed E-state index contributed by atoms with van der Waals surface area (Å²) in [6.07, 6.45) is -4.03. The predicted octanol–water partition coefficient (Wildman–Crippen LogP) is -0.740. The lowest BCUT2D eigenvalue weighted by Gasteiger charge is -2.45. The lowest BCUT2D eigenvalue weighted by atomic mass is 9.62. The van der Waals surface area contributed by atoms with E-state index in [9.17, 15) is 29.4 Å². The van der Waals surface area contributed by atoms with Gasteiger partial charge < -0.3 is 24.4 Å². The molecular weight excluding hydrogens is 372 g/mol. The molecule has 3 aliphatic rings. The van der Waals surface area contributed by atoms with Gasteiger partial charge in [-0.15, -0.1) is 0 Å². The van der Waals surface area contributed by atoms with Crippen LogP contribution in [0.4, 0.5) is 0 Å². The third-order valence-electron chi connectivity index (χ3n) is 6.15. The molecule has 0 saturated carbocycles. The summed E-state index contributed by atoms with van der Waals surface area (Å²) in [5.41, 5.74) is -4.37. The fraction of sp³-hybridized carbons (Fsp3) is 0.684. The molecule has 154 valence electrons. The first-order chi connectivity index (χ1) is 13.0. The standard InChI is InChI=1S/C19H24O9/c1-8-12-10(21)5-6-11(22)27-9(2)14(23)16-15(28-16)13(12)18(3,26-4)17(24)19(8,25)7-20/h7,9,13-16,23,25H,5-6H2,1-4H3. The zero-order valence-corrected chi connectivity index (χ0v) is 16.1. The van der Waals surface area contributed by atoms with Gasteiger partial charge in [-0.25, -0.2) is 0 Å². The molecule has 2 aliphatic heterocycles. The highest BCUT2D eigenvalue weighted by atomic mass is 16.6. The van der Waals surface area contributed by atoms with Crippen LogP contribution in [0.1, 0.15) is 33.6 Å². The summed E-state index contributed by atoms with van der Waals surface area (Å²) in [4.78, 5) is 49.6. The maximum atomic E-state index is 13.0. The Bertz CT molecular complexity index is 771. The van der Waals surface area contributed by atoms with Crippen LogP contribution in [0, 0.1) is 5.92 Å². The van der Waals surface area contributed by atoms with E-state index in [1.165, 1.54) is 27.9 Å². The third kappa shape index (κ3) is 2.85. The lowest BCUT2D eigenvalue weighted by molar-refractivity contribution is -0.166. The van der Waals surface area contributed by atoms with Crippen LogP contribution in [0.3, 0.4) is 0 Å². The Labute approximate surface area is 161 Å². The molecule has 2 saturated heterocycles. The number of ketones is 2. The number of aliphatic hydroxyl groups excluding tert-OH is 1. The number of fused-ring (bicyclic) bond motifs is 3. The lowest BCUT2D eigenvalue weighted by Crippen LogP contribution is -2.63. The van der Waals surface area contributed by atoms with Crippen LogP contribution in [0.5, 0.6) is 0 Å². The zero-order chi connectivity index (χ0) is 21.0. The molecule has 3 rings (SSSR count). The van der Waals surface area contributed by atoms with Crippen molar-refractivity contribution in [1.29, 1.82) is 0 Å². The molecule has 7 atom stereocenters. The first-order valence-corrected chi connectivity index (χ1v) is 9.09. The van der Waals surface area contributed by atoms with Gasteiger partial charge in [0.25, 0.3) is 0 Å². The minimum absolute atomic E-state index is 0.0144. The number of carbonyl (C=O) groups is 4. The van der Waals surface area contributed by atoms with Crippen molar-refractivity contribution in [2.45, 2.75) is 69.2 Å². The van der Waals surface area contributed by atoms with Crippen LogP contribution in [-0.4, -0.2) is 76.8 Å². The summed E-state index contributed by atoms with van der Waals surface area (Å²) in [7, 11) is 1.24. The SMILES string of the molecule is COC1(C)C(=O)C(O)(C=O)C(C)=C2C(=O)CCC(=O)OC(C)C(O)C3OC3C21. The number of epoxide rings is 1. The minimum atomic E-state index is -2.52. The topological polar surface area (TPSA) is 140 Å². The molecule has 0 bridgehead atoms. The van der Waals surface area contributed by atoms with E-state index >= 15 is 0 Å². The first-order valence-electron chi connectivity index (χ1n) is 9.09. The highest BCUT2D eigenvalue weighted by molar-refractivity contribution is 6.14. The molecule has 0 radical (unpaired) electrons. The van der Waals surface area contributed by atoms with E-state index < -0.39 is 59.1 Å². The van der Waals surface area contributed by atoms with Gasteiger partial charge in [-0.2, -0.15) is 0 Å². The summed E-state index contributed by atoms with van der Waals surface area (Å²) in [5.74, 6) is -3.05. The Morgan fingerprint density at radius 2 is 1.86 bits per heavy atom. The Balaban J connectivity index is 2.20. The van der Waals surface area contributed by atoms with Crippen molar-refractivity contribution in [3.8, 4) is 0 Å². The molecule has 7 unspecified atom stereocenters. The number of aldehydes is 1. The highest BCUT2D eigenvalue weighted by Crippen LogP contribution is 2.50. The molecule has 2 N–H and O–H groups in total. The van der Waals surface area contributed by atoms with Crippen LogP contribution in [0.15, 0.2) is 11.1 Å². The number of carbonyl (C=O) groups excluding carboxylic acids is 4. The molecule has 0 spiro atoms. The van der Waals surface area contributed by atoms with E-state index in [0.717, 1.165) is 0 Å². The Kier molecular flexibility index (Phi) is 5.08. The molecule has 9 nitrogen and oxygen atoms in total. The molecule has 2 heterocycles. The number of cyclic esters (lactones) is 1. The largest absolute Gasteiger partial charge is 0.460 e. The van der Waals surface area contributed by atoms with Crippen LogP contribution in [0.25, 0.3) is 0 Å². The molecule has 28 heavy (non-hydrogen) atoms. The van der Waals surface area contributed by atoms with E-state index in [-0.39, 0.29) is 30.3 Å². The van der Waals surface area contributed by atoms with Crippen LogP contribution in [-0.2, 0) is 33.4 Å². The third-order valence-corrected chi connectivity index (χ3v) is 6.15. The molecule has 9 heteroatoms. The molecule has 0 aromatic rings. The van der Waals surface area contributed by atoms with E-state index in [2.05, 4.69) is 0 Å². The van der Waals surface area contributed by atoms with Crippen molar-refractivity contribution < 1.29 is 43.6 Å². The quantitative estimate of drug-likeness (QED) is 0.267.